The van der Waals surface area contributed by atoms with Crippen molar-refractivity contribution in [1.29, 1.82) is 0 Å². The molecule has 0 aliphatic heterocycles. The molecule has 0 spiro atoms. The minimum absolute atomic E-state index is 0.0193. The molecule has 0 heterocycles. The quantitative estimate of drug-likeness (QED) is 0.719. The van der Waals surface area contributed by atoms with E-state index >= 15 is 0 Å². The zero-order valence-corrected chi connectivity index (χ0v) is 14.0. The van der Waals surface area contributed by atoms with Gasteiger partial charge in [0.15, 0.2) is 18.1 Å². The molecule has 1 atom stereocenters. The molecule has 1 unspecified atom stereocenters. The minimum Gasteiger partial charge on any atom is -0.493 e. The molecule has 0 aliphatic rings. The van der Waals surface area contributed by atoms with Crippen LogP contribution in [0.1, 0.15) is 18.9 Å². The molecule has 0 bridgehead atoms. The van der Waals surface area contributed by atoms with Crippen LogP contribution in [0.5, 0.6) is 11.5 Å². The van der Waals surface area contributed by atoms with Crippen LogP contribution in [0, 0.1) is 0 Å². The van der Waals surface area contributed by atoms with E-state index in [1.54, 1.807) is 12.1 Å². The highest BCUT2D eigenvalue weighted by molar-refractivity contribution is 5.76. The second-order valence-electron chi connectivity index (χ2n) is 5.38. The van der Waals surface area contributed by atoms with Crippen molar-refractivity contribution in [2.75, 3.05) is 27.3 Å². The first-order valence-corrected chi connectivity index (χ1v) is 7.55. The van der Waals surface area contributed by atoms with E-state index in [0.29, 0.717) is 13.0 Å². The van der Waals surface area contributed by atoms with Crippen LogP contribution in [-0.4, -0.2) is 45.4 Å². The fourth-order valence-electron chi connectivity index (χ4n) is 1.86. The predicted molar refractivity (Wildman–Crippen MR) is 84.4 cm³/mol. The highest BCUT2D eigenvalue weighted by Gasteiger charge is 2.29. The molecule has 0 saturated heterocycles. The van der Waals surface area contributed by atoms with Gasteiger partial charge in [-0.25, -0.2) is 0 Å². The van der Waals surface area contributed by atoms with Crippen LogP contribution in [0.25, 0.3) is 0 Å². The highest BCUT2D eigenvalue weighted by Crippen LogP contribution is 2.30. The molecule has 136 valence electrons. The highest BCUT2D eigenvalue weighted by atomic mass is 19.4. The van der Waals surface area contributed by atoms with Gasteiger partial charge in [-0.05, 0) is 38.1 Å². The van der Waals surface area contributed by atoms with Crippen LogP contribution >= 0.6 is 0 Å². The summed E-state index contributed by atoms with van der Waals surface area (Å²) in [6.07, 6.45) is -3.68. The van der Waals surface area contributed by atoms with Gasteiger partial charge < -0.3 is 20.1 Å². The van der Waals surface area contributed by atoms with E-state index in [0.717, 1.165) is 5.56 Å². The maximum atomic E-state index is 12.2. The van der Waals surface area contributed by atoms with E-state index in [2.05, 4.69) is 10.6 Å². The maximum absolute atomic E-state index is 12.2. The first-order chi connectivity index (χ1) is 11.2. The van der Waals surface area contributed by atoms with Gasteiger partial charge in [-0.2, -0.15) is 13.2 Å². The summed E-state index contributed by atoms with van der Waals surface area (Å²) < 4.78 is 46.4. The summed E-state index contributed by atoms with van der Waals surface area (Å²) in [5.74, 6) is 0.139. The van der Waals surface area contributed by atoms with Crippen molar-refractivity contribution in [2.45, 2.75) is 32.0 Å². The van der Waals surface area contributed by atoms with Crippen molar-refractivity contribution in [3.63, 3.8) is 0 Å². The lowest BCUT2D eigenvalue weighted by atomic mass is 10.1. The molecule has 5 nitrogen and oxygen atoms in total. The first kappa shape index (κ1) is 20.1. The topological polar surface area (TPSA) is 59.6 Å². The predicted octanol–water partition coefficient (Wildman–Crippen LogP) is 2.29. The summed E-state index contributed by atoms with van der Waals surface area (Å²) in [5, 5.41) is 5.81. The Labute approximate surface area is 139 Å². The van der Waals surface area contributed by atoms with Gasteiger partial charge in [-0.3, -0.25) is 4.79 Å². The third kappa shape index (κ3) is 7.54. The van der Waals surface area contributed by atoms with Crippen LogP contribution < -0.4 is 20.1 Å². The number of amides is 1. The van der Waals surface area contributed by atoms with Crippen molar-refractivity contribution in [1.82, 2.24) is 10.6 Å². The number of hydrogen-bond donors (Lipinski definition) is 2. The number of carbonyl (C=O) groups is 1. The monoisotopic (exact) mass is 348 g/mol. The molecule has 1 aromatic carbocycles. The number of halogens is 3. The lowest BCUT2D eigenvalue weighted by Gasteiger charge is -2.14. The minimum atomic E-state index is -4.41. The van der Waals surface area contributed by atoms with E-state index in [1.807, 2.05) is 14.0 Å². The second kappa shape index (κ2) is 9.36. The Hall–Kier alpha value is -1.96. The number of hydrogen-bond acceptors (Lipinski definition) is 4. The van der Waals surface area contributed by atoms with Gasteiger partial charge >= 0.3 is 6.18 Å². The molecule has 0 aliphatic carbocycles. The summed E-state index contributed by atoms with van der Waals surface area (Å²) >= 11 is 0. The van der Waals surface area contributed by atoms with Gasteiger partial charge in [-0.1, -0.05) is 6.07 Å². The van der Waals surface area contributed by atoms with Crippen LogP contribution in [0.2, 0.25) is 0 Å². The van der Waals surface area contributed by atoms with Crippen LogP contribution in [0.4, 0.5) is 13.2 Å². The number of aryl methyl sites for hydroxylation is 1. The lowest BCUT2D eigenvalue weighted by Crippen LogP contribution is -2.37. The van der Waals surface area contributed by atoms with Gasteiger partial charge in [-0.15, -0.1) is 0 Å². The fraction of sp³-hybridized carbons (Fsp3) is 0.562. The van der Waals surface area contributed by atoms with Gasteiger partial charge in [0.25, 0.3) is 0 Å². The number of rotatable bonds is 9. The molecule has 8 heteroatoms. The zero-order valence-electron chi connectivity index (χ0n) is 14.0. The summed E-state index contributed by atoms with van der Waals surface area (Å²) in [6, 6.07) is 4.80. The molecular weight excluding hydrogens is 325 g/mol. The Morgan fingerprint density at radius 1 is 1.29 bits per heavy atom. The number of nitrogens with one attached hydrogen (secondary N) is 2. The standard InChI is InChI=1S/C16H23F3N2O3/c1-11(20-2)9-21-15(22)7-5-12-4-6-13(14(8-12)23-3)24-10-16(17,18)19/h4,6,8,11,20H,5,7,9-10H2,1-3H3,(H,21,22). The van der Waals surface area contributed by atoms with Crippen molar-refractivity contribution in [2.24, 2.45) is 0 Å². The average molecular weight is 348 g/mol. The smallest absolute Gasteiger partial charge is 0.422 e. The maximum Gasteiger partial charge on any atom is 0.422 e. The zero-order chi connectivity index (χ0) is 18.2. The largest absolute Gasteiger partial charge is 0.493 e. The molecule has 0 radical (unpaired) electrons. The average Bonchev–Trinajstić information content (AvgIpc) is 2.55. The Morgan fingerprint density at radius 3 is 2.58 bits per heavy atom. The molecule has 24 heavy (non-hydrogen) atoms. The fourth-order valence-corrected chi connectivity index (χ4v) is 1.86. The molecule has 0 aromatic heterocycles. The third-order valence-electron chi connectivity index (χ3n) is 3.36. The van der Waals surface area contributed by atoms with Crippen LogP contribution in [0.15, 0.2) is 18.2 Å². The van der Waals surface area contributed by atoms with Crippen LogP contribution in [-0.2, 0) is 11.2 Å². The van der Waals surface area contributed by atoms with Crippen molar-refractivity contribution in [3.05, 3.63) is 23.8 Å². The molecular formula is C16H23F3N2O3. The molecule has 1 rings (SSSR count). The molecule has 1 aromatic rings. The van der Waals surface area contributed by atoms with E-state index in [9.17, 15) is 18.0 Å². The first-order valence-electron chi connectivity index (χ1n) is 7.55. The Morgan fingerprint density at radius 2 is 2.00 bits per heavy atom. The summed E-state index contributed by atoms with van der Waals surface area (Å²) in [5.41, 5.74) is 0.781. The summed E-state index contributed by atoms with van der Waals surface area (Å²) in [4.78, 5) is 11.8. The van der Waals surface area contributed by atoms with E-state index in [1.165, 1.54) is 13.2 Å². The number of alkyl halides is 3. The van der Waals surface area contributed by atoms with Crippen molar-refractivity contribution >= 4 is 5.91 Å². The molecule has 2 N–H and O–H groups in total. The lowest BCUT2D eigenvalue weighted by molar-refractivity contribution is -0.153. The third-order valence-corrected chi connectivity index (χ3v) is 3.36. The Bertz CT molecular complexity index is 536. The number of ether oxygens (including phenoxy) is 2. The Kier molecular flexibility index (Phi) is 7.84. The van der Waals surface area contributed by atoms with Crippen LogP contribution in [0.3, 0.4) is 0 Å². The molecule has 0 saturated carbocycles. The van der Waals surface area contributed by atoms with E-state index < -0.39 is 12.8 Å². The summed E-state index contributed by atoms with van der Waals surface area (Å²) in [7, 11) is 3.16. The van der Waals surface area contributed by atoms with E-state index in [-0.39, 0.29) is 29.9 Å². The number of benzene rings is 1. The molecule has 1 amide bonds. The molecule has 0 fully saturated rings. The SMILES string of the molecule is CNC(C)CNC(=O)CCc1ccc(OCC(F)(F)F)c(OC)c1. The summed E-state index contributed by atoms with van der Waals surface area (Å²) in [6.45, 7) is 1.10. The van der Waals surface area contributed by atoms with Gasteiger partial charge in [0.2, 0.25) is 5.91 Å². The van der Waals surface area contributed by atoms with Gasteiger partial charge in [0.1, 0.15) is 0 Å². The number of methoxy groups -OCH3 is 1. The van der Waals surface area contributed by atoms with Crippen molar-refractivity contribution in [3.8, 4) is 11.5 Å². The van der Waals surface area contributed by atoms with Gasteiger partial charge in [0.05, 0.1) is 7.11 Å². The second-order valence-corrected chi connectivity index (χ2v) is 5.38. The number of likely N-dealkylation sites (N-methyl/N-ethyl adjacent to an activating group) is 1. The van der Waals surface area contributed by atoms with Crippen molar-refractivity contribution < 1.29 is 27.4 Å². The number of carbonyl (C=O) groups excluding carboxylic acids is 1. The van der Waals surface area contributed by atoms with Gasteiger partial charge in [0, 0.05) is 19.0 Å². The van der Waals surface area contributed by atoms with E-state index in [4.69, 9.17) is 9.47 Å². The normalized spacial score (nSPS) is 12.6. The Balaban J connectivity index is 2.56.